The van der Waals surface area contributed by atoms with Gasteiger partial charge in [0.25, 0.3) is 0 Å². The molecule has 1 heterocycles. The van der Waals surface area contributed by atoms with E-state index in [0.717, 1.165) is 11.1 Å². The third-order valence-electron chi connectivity index (χ3n) is 4.50. The molecular weight excluding hydrogens is 370 g/mol. The van der Waals surface area contributed by atoms with E-state index in [2.05, 4.69) is 10.3 Å². The van der Waals surface area contributed by atoms with Crippen LogP contribution in [0.25, 0.3) is 11.3 Å². The number of benzene rings is 3. The van der Waals surface area contributed by atoms with Crippen LogP contribution in [0.15, 0.2) is 94.9 Å². The molecule has 0 spiro atoms. The molecule has 0 aliphatic carbocycles. The number of hydrogen-bond donors (Lipinski definition) is 0. The van der Waals surface area contributed by atoms with Crippen molar-refractivity contribution in [3.05, 3.63) is 96.1 Å². The van der Waals surface area contributed by atoms with Gasteiger partial charge in [-0.25, -0.2) is 13.1 Å². The van der Waals surface area contributed by atoms with Crippen LogP contribution in [0.5, 0.6) is 0 Å². The Bertz CT molecular complexity index is 1180. The summed E-state index contributed by atoms with van der Waals surface area (Å²) < 4.78 is 28.4. The molecule has 0 unspecified atom stereocenters. The van der Waals surface area contributed by atoms with Crippen molar-refractivity contribution >= 4 is 9.84 Å². The molecule has 4 aromatic rings. The largest absolute Gasteiger partial charge is 0.228 e. The summed E-state index contributed by atoms with van der Waals surface area (Å²) in [5, 5.41) is 8.52. The van der Waals surface area contributed by atoms with Crippen LogP contribution >= 0.6 is 0 Å². The highest BCUT2D eigenvalue weighted by atomic mass is 32.2. The standard InChI is InChI=1S/C22H19N3O2S/c1-17-12-14-18(15-13-17)16-25-22(28(26,27)20-10-6-3-7-11-20)21(23-24-25)19-8-4-2-5-9-19/h2-15H,16H2,1H3. The van der Waals surface area contributed by atoms with E-state index in [1.165, 1.54) is 4.68 Å². The topological polar surface area (TPSA) is 64.8 Å². The van der Waals surface area contributed by atoms with E-state index in [9.17, 15) is 8.42 Å². The maximum atomic E-state index is 13.5. The summed E-state index contributed by atoms with van der Waals surface area (Å²) in [6.45, 7) is 2.33. The van der Waals surface area contributed by atoms with Crippen molar-refractivity contribution in [2.75, 3.05) is 0 Å². The summed E-state index contributed by atoms with van der Waals surface area (Å²) >= 11 is 0. The maximum absolute atomic E-state index is 13.5. The van der Waals surface area contributed by atoms with Gasteiger partial charge in [0.1, 0.15) is 5.69 Å². The second-order valence-corrected chi connectivity index (χ2v) is 8.43. The fraction of sp³-hybridized carbons (Fsp3) is 0.0909. The Labute approximate surface area is 164 Å². The second-order valence-electron chi connectivity index (χ2n) is 6.57. The SMILES string of the molecule is Cc1ccc(Cn2nnc(-c3ccccc3)c2S(=O)(=O)c2ccccc2)cc1. The van der Waals surface area contributed by atoms with Crippen molar-refractivity contribution in [1.82, 2.24) is 15.0 Å². The van der Waals surface area contributed by atoms with Crippen LogP contribution in [0.3, 0.4) is 0 Å². The zero-order valence-electron chi connectivity index (χ0n) is 15.4. The molecule has 3 aromatic carbocycles. The molecule has 0 amide bonds. The summed E-state index contributed by atoms with van der Waals surface area (Å²) in [4.78, 5) is 0.222. The van der Waals surface area contributed by atoms with Gasteiger partial charge in [0.05, 0.1) is 11.4 Å². The molecule has 5 nitrogen and oxygen atoms in total. The molecule has 0 N–H and O–H groups in total. The first-order valence-electron chi connectivity index (χ1n) is 8.90. The summed E-state index contributed by atoms with van der Waals surface area (Å²) in [5.41, 5.74) is 3.17. The fourth-order valence-electron chi connectivity index (χ4n) is 3.03. The zero-order chi connectivity index (χ0) is 19.6. The first kappa shape index (κ1) is 18.1. The Balaban J connectivity index is 1.88. The highest BCUT2D eigenvalue weighted by Gasteiger charge is 2.29. The van der Waals surface area contributed by atoms with E-state index in [-0.39, 0.29) is 9.92 Å². The second kappa shape index (κ2) is 7.40. The van der Waals surface area contributed by atoms with Gasteiger partial charge >= 0.3 is 0 Å². The number of aryl methyl sites for hydroxylation is 1. The minimum Gasteiger partial charge on any atom is -0.228 e. The molecule has 0 aliphatic heterocycles. The monoisotopic (exact) mass is 389 g/mol. The van der Waals surface area contributed by atoms with E-state index in [4.69, 9.17) is 0 Å². The average Bonchev–Trinajstić information content (AvgIpc) is 3.15. The molecule has 6 heteroatoms. The Hall–Kier alpha value is -3.25. The average molecular weight is 389 g/mol. The molecule has 0 saturated heterocycles. The number of aromatic nitrogens is 3. The van der Waals surface area contributed by atoms with E-state index in [0.29, 0.717) is 17.8 Å². The number of hydrogen-bond acceptors (Lipinski definition) is 4. The fourth-order valence-corrected chi connectivity index (χ4v) is 4.56. The maximum Gasteiger partial charge on any atom is 0.225 e. The predicted molar refractivity (Wildman–Crippen MR) is 108 cm³/mol. The Morgan fingerprint density at radius 1 is 0.821 bits per heavy atom. The molecular formula is C22H19N3O2S. The van der Waals surface area contributed by atoms with Crippen molar-refractivity contribution in [3.63, 3.8) is 0 Å². The first-order chi connectivity index (χ1) is 13.6. The van der Waals surface area contributed by atoms with Crippen molar-refractivity contribution in [2.45, 2.75) is 23.4 Å². The van der Waals surface area contributed by atoms with Gasteiger partial charge < -0.3 is 0 Å². The molecule has 140 valence electrons. The van der Waals surface area contributed by atoms with Gasteiger partial charge in [-0.15, -0.1) is 5.10 Å². The lowest BCUT2D eigenvalue weighted by atomic mass is 10.1. The quantitative estimate of drug-likeness (QED) is 0.515. The number of nitrogens with zero attached hydrogens (tertiary/aromatic N) is 3. The van der Waals surface area contributed by atoms with Crippen molar-refractivity contribution in [1.29, 1.82) is 0 Å². The predicted octanol–water partition coefficient (Wildman–Crippen LogP) is 4.13. The van der Waals surface area contributed by atoms with Crippen LogP contribution in [0, 0.1) is 6.92 Å². The molecule has 0 atom stereocenters. The lowest BCUT2D eigenvalue weighted by Crippen LogP contribution is -2.13. The number of rotatable bonds is 5. The van der Waals surface area contributed by atoms with E-state index in [1.54, 1.807) is 30.3 Å². The molecule has 0 radical (unpaired) electrons. The smallest absolute Gasteiger partial charge is 0.225 e. The normalized spacial score (nSPS) is 11.5. The summed E-state index contributed by atoms with van der Waals surface area (Å²) in [7, 11) is -3.80. The molecule has 28 heavy (non-hydrogen) atoms. The summed E-state index contributed by atoms with van der Waals surface area (Å²) in [6, 6.07) is 25.6. The highest BCUT2D eigenvalue weighted by molar-refractivity contribution is 7.91. The molecule has 0 fully saturated rings. The lowest BCUT2D eigenvalue weighted by molar-refractivity contribution is 0.557. The van der Waals surface area contributed by atoms with E-state index >= 15 is 0 Å². The van der Waals surface area contributed by atoms with E-state index in [1.807, 2.05) is 61.5 Å². The molecule has 4 rings (SSSR count). The molecule has 1 aromatic heterocycles. The Morgan fingerprint density at radius 3 is 2.07 bits per heavy atom. The van der Waals surface area contributed by atoms with Crippen molar-refractivity contribution < 1.29 is 8.42 Å². The minimum absolute atomic E-state index is 0.102. The van der Waals surface area contributed by atoms with Gasteiger partial charge in [0.15, 0.2) is 5.03 Å². The van der Waals surface area contributed by atoms with Gasteiger partial charge in [-0.1, -0.05) is 83.6 Å². The Morgan fingerprint density at radius 2 is 1.43 bits per heavy atom. The van der Waals surface area contributed by atoms with Crippen LogP contribution in [-0.4, -0.2) is 23.4 Å². The van der Waals surface area contributed by atoms with Crippen LogP contribution in [0.4, 0.5) is 0 Å². The van der Waals surface area contributed by atoms with Crippen LogP contribution in [-0.2, 0) is 16.4 Å². The van der Waals surface area contributed by atoms with Gasteiger partial charge in [0, 0.05) is 5.56 Å². The summed E-state index contributed by atoms with van der Waals surface area (Å²) in [6.07, 6.45) is 0. The molecule has 0 bridgehead atoms. The first-order valence-corrected chi connectivity index (χ1v) is 10.4. The highest BCUT2D eigenvalue weighted by Crippen LogP contribution is 2.30. The third-order valence-corrected chi connectivity index (χ3v) is 6.30. The van der Waals surface area contributed by atoms with Crippen molar-refractivity contribution in [2.24, 2.45) is 0 Å². The Kier molecular flexibility index (Phi) is 4.79. The van der Waals surface area contributed by atoms with Crippen molar-refractivity contribution in [3.8, 4) is 11.3 Å². The number of sulfone groups is 1. The molecule has 0 aliphatic rings. The molecule has 0 saturated carbocycles. The van der Waals surface area contributed by atoms with Crippen LogP contribution in [0.1, 0.15) is 11.1 Å². The van der Waals surface area contributed by atoms with Crippen LogP contribution in [0.2, 0.25) is 0 Å². The van der Waals surface area contributed by atoms with Gasteiger partial charge in [-0.3, -0.25) is 0 Å². The third kappa shape index (κ3) is 3.46. The van der Waals surface area contributed by atoms with Gasteiger partial charge in [0.2, 0.25) is 9.84 Å². The zero-order valence-corrected chi connectivity index (χ0v) is 16.2. The van der Waals surface area contributed by atoms with Gasteiger partial charge in [-0.05, 0) is 24.6 Å². The minimum atomic E-state index is -3.80. The summed E-state index contributed by atoms with van der Waals surface area (Å²) in [5.74, 6) is 0. The van der Waals surface area contributed by atoms with E-state index < -0.39 is 9.84 Å². The van der Waals surface area contributed by atoms with Crippen LogP contribution < -0.4 is 0 Å². The van der Waals surface area contributed by atoms with Gasteiger partial charge in [-0.2, -0.15) is 0 Å². The lowest BCUT2D eigenvalue weighted by Gasteiger charge is -2.10.